The number of rotatable bonds is 7. The summed E-state index contributed by atoms with van der Waals surface area (Å²) in [5.41, 5.74) is 0. The molecule has 1 aliphatic rings. The molecule has 0 bridgehead atoms. The van der Waals surface area contributed by atoms with Crippen LogP contribution in [0.3, 0.4) is 0 Å². The Labute approximate surface area is 120 Å². The quantitative estimate of drug-likeness (QED) is 0.606. The summed E-state index contributed by atoms with van der Waals surface area (Å²) in [6.07, 6.45) is 6.99. The van der Waals surface area contributed by atoms with Gasteiger partial charge in [0.15, 0.2) is 0 Å². The minimum absolute atomic E-state index is 0.713. The maximum atomic E-state index is 5.79. The lowest BCUT2D eigenvalue weighted by Crippen LogP contribution is -2.23. The van der Waals surface area contributed by atoms with Gasteiger partial charge < -0.3 is 10.1 Å². The van der Waals surface area contributed by atoms with Crippen molar-refractivity contribution in [1.29, 1.82) is 0 Å². The van der Waals surface area contributed by atoms with E-state index < -0.39 is 0 Å². The molecule has 0 aliphatic heterocycles. The van der Waals surface area contributed by atoms with Crippen molar-refractivity contribution in [3.63, 3.8) is 0 Å². The van der Waals surface area contributed by atoms with Gasteiger partial charge in [-0.25, -0.2) is 0 Å². The largest absolute Gasteiger partial charge is 0.380 e. The SMILES string of the molecule is Cc1ccc(CNCCOCC2CC=CCC2C)s1. The molecule has 0 saturated carbocycles. The van der Waals surface area contributed by atoms with Gasteiger partial charge in [0.05, 0.1) is 13.2 Å². The highest BCUT2D eigenvalue weighted by Gasteiger charge is 2.17. The Hall–Kier alpha value is -0.640. The maximum Gasteiger partial charge on any atom is 0.0591 e. The summed E-state index contributed by atoms with van der Waals surface area (Å²) in [6.45, 7) is 8.10. The van der Waals surface area contributed by atoms with Crippen molar-refractivity contribution < 1.29 is 4.74 Å². The molecule has 1 heterocycles. The zero-order valence-electron chi connectivity index (χ0n) is 12.0. The van der Waals surface area contributed by atoms with Crippen LogP contribution >= 0.6 is 11.3 Å². The van der Waals surface area contributed by atoms with Crippen LogP contribution in [0, 0.1) is 18.8 Å². The molecule has 2 atom stereocenters. The first-order valence-electron chi connectivity index (χ1n) is 7.24. The fraction of sp³-hybridized carbons (Fsp3) is 0.625. The first kappa shape index (κ1) is 14.8. The fourth-order valence-electron chi connectivity index (χ4n) is 2.41. The number of nitrogens with one attached hydrogen (secondary N) is 1. The number of allylic oxidation sites excluding steroid dienone is 2. The molecular weight excluding hydrogens is 254 g/mol. The molecule has 0 spiro atoms. The molecule has 1 aromatic rings. The number of thiophene rings is 1. The molecule has 2 nitrogen and oxygen atoms in total. The van der Waals surface area contributed by atoms with Crippen molar-refractivity contribution in [2.24, 2.45) is 11.8 Å². The van der Waals surface area contributed by atoms with E-state index in [1.807, 2.05) is 11.3 Å². The fourth-order valence-corrected chi connectivity index (χ4v) is 3.27. The van der Waals surface area contributed by atoms with E-state index in [4.69, 9.17) is 4.74 Å². The molecule has 1 aromatic heterocycles. The van der Waals surface area contributed by atoms with Crippen LogP contribution in [-0.2, 0) is 11.3 Å². The second-order valence-corrected chi connectivity index (χ2v) is 6.82. The van der Waals surface area contributed by atoms with Crippen molar-refractivity contribution >= 4 is 11.3 Å². The van der Waals surface area contributed by atoms with Gasteiger partial charge in [-0.2, -0.15) is 0 Å². The molecule has 0 radical (unpaired) electrons. The second kappa shape index (κ2) is 7.83. The third kappa shape index (κ3) is 5.09. The molecule has 0 amide bonds. The predicted molar refractivity (Wildman–Crippen MR) is 82.6 cm³/mol. The molecule has 19 heavy (non-hydrogen) atoms. The van der Waals surface area contributed by atoms with E-state index in [-0.39, 0.29) is 0 Å². The number of hydrogen-bond acceptors (Lipinski definition) is 3. The maximum absolute atomic E-state index is 5.79. The van der Waals surface area contributed by atoms with Gasteiger partial charge in [0.1, 0.15) is 0 Å². The van der Waals surface area contributed by atoms with Crippen molar-refractivity contribution in [2.75, 3.05) is 19.8 Å². The van der Waals surface area contributed by atoms with Gasteiger partial charge >= 0.3 is 0 Å². The summed E-state index contributed by atoms with van der Waals surface area (Å²) in [5.74, 6) is 1.48. The number of aryl methyl sites for hydroxylation is 1. The summed E-state index contributed by atoms with van der Waals surface area (Å²) in [4.78, 5) is 2.79. The lowest BCUT2D eigenvalue weighted by molar-refractivity contribution is 0.0807. The summed E-state index contributed by atoms with van der Waals surface area (Å²) >= 11 is 1.86. The van der Waals surface area contributed by atoms with Gasteiger partial charge in [-0.1, -0.05) is 19.1 Å². The topological polar surface area (TPSA) is 21.3 Å². The molecule has 0 aromatic carbocycles. The highest BCUT2D eigenvalue weighted by Crippen LogP contribution is 2.24. The van der Waals surface area contributed by atoms with Crippen LogP contribution in [0.4, 0.5) is 0 Å². The van der Waals surface area contributed by atoms with Crippen LogP contribution in [0.2, 0.25) is 0 Å². The first-order valence-corrected chi connectivity index (χ1v) is 8.06. The smallest absolute Gasteiger partial charge is 0.0591 e. The molecule has 0 fully saturated rings. The average molecular weight is 279 g/mol. The molecule has 3 heteroatoms. The number of ether oxygens (including phenoxy) is 1. The Kier molecular flexibility index (Phi) is 6.08. The Morgan fingerprint density at radius 1 is 1.32 bits per heavy atom. The summed E-state index contributed by atoms with van der Waals surface area (Å²) in [6, 6.07) is 4.38. The Morgan fingerprint density at radius 2 is 2.16 bits per heavy atom. The lowest BCUT2D eigenvalue weighted by atomic mass is 9.85. The van der Waals surface area contributed by atoms with E-state index in [1.54, 1.807) is 0 Å². The van der Waals surface area contributed by atoms with Gasteiger partial charge in [-0.3, -0.25) is 0 Å². The van der Waals surface area contributed by atoms with Crippen molar-refractivity contribution in [2.45, 2.75) is 33.2 Å². The zero-order valence-corrected chi connectivity index (χ0v) is 12.8. The van der Waals surface area contributed by atoms with E-state index in [0.717, 1.165) is 32.2 Å². The molecule has 1 aliphatic carbocycles. The van der Waals surface area contributed by atoms with Gasteiger partial charge in [0.2, 0.25) is 0 Å². The average Bonchev–Trinajstić information content (AvgIpc) is 2.81. The van der Waals surface area contributed by atoms with E-state index in [2.05, 4.69) is 43.4 Å². The Morgan fingerprint density at radius 3 is 2.89 bits per heavy atom. The molecule has 106 valence electrons. The van der Waals surface area contributed by atoms with Crippen molar-refractivity contribution in [3.8, 4) is 0 Å². The predicted octanol–water partition coefficient (Wildman–Crippen LogP) is 3.77. The van der Waals surface area contributed by atoms with Gasteiger partial charge in [-0.05, 0) is 43.7 Å². The van der Waals surface area contributed by atoms with Crippen LogP contribution in [0.5, 0.6) is 0 Å². The van der Waals surface area contributed by atoms with Crippen LogP contribution in [0.25, 0.3) is 0 Å². The third-order valence-electron chi connectivity index (χ3n) is 3.77. The van der Waals surface area contributed by atoms with Gasteiger partial charge in [0, 0.05) is 22.8 Å². The summed E-state index contributed by atoms with van der Waals surface area (Å²) < 4.78 is 5.79. The Balaban J connectivity index is 1.51. The van der Waals surface area contributed by atoms with E-state index in [9.17, 15) is 0 Å². The molecule has 0 saturated heterocycles. The third-order valence-corrected chi connectivity index (χ3v) is 4.77. The minimum Gasteiger partial charge on any atom is -0.380 e. The standard InChI is InChI=1S/C16H25NOS/c1-13-5-3-4-6-15(13)12-18-10-9-17-11-16-8-7-14(2)19-16/h3-4,7-8,13,15,17H,5-6,9-12H2,1-2H3. The van der Waals surface area contributed by atoms with Gasteiger partial charge in [-0.15, -0.1) is 11.3 Å². The molecule has 2 unspecified atom stereocenters. The van der Waals surface area contributed by atoms with Crippen molar-refractivity contribution in [3.05, 3.63) is 34.0 Å². The number of hydrogen-bond donors (Lipinski definition) is 1. The van der Waals surface area contributed by atoms with E-state index in [0.29, 0.717) is 5.92 Å². The monoisotopic (exact) mass is 279 g/mol. The molecular formula is C16H25NOS. The summed E-state index contributed by atoms with van der Waals surface area (Å²) in [5, 5.41) is 3.44. The molecule has 1 N–H and O–H groups in total. The van der Waals surface area contributed by atoms with Crippen LogP contribution in [0.15, 0.2) is 24.3 Å². The summed E-state index contributed by atoms with van der Waals surface area (Å²) in [7, 11) is 0. The van der Waals surface area contributed by atoms with Crippen molar-refractivity contribution in [1.82, 2.24) is 5.32 Å². The second-order valence-electron chi connectivity index (χ2n) is 5.44. The van der Waals surface area contributed by atoms with E-state index in [1.165, 1.54) is 22.6 Å². The lowest BCUT2D eigenvalue weighted by Gasteiger charge is -2.24. The highest BCUT2D eigenvalue weighted by atomic mass is 32.1. The first-order chi connectivity index (χ1) is 9.25. The van der Waals surface area contributed by atoms with Crippen LogP contribution in [-0.4, -0.2) is 19.8 Å². The zero-order chi connectivity index (χ0) is 13.5. The Bertz CT molecular complexity index is 399. The van der Waals surface area contributed by atoms with Crippen LogP contribution in [0.1, 0.15) is 29.5 Å². The minimum atomic E-state index is 0.713. The van der Waals surface area contributed by atoms with E-state index >= 15 is 0 Å². The van der Waals surface area contributed by atoms with Crippen LogP contribution < -0.4 is 5.32 Å². The van der Waals surface area contributed by atoms with Gasteiger partial charge in [0.25, 0.3) is 0 Å². The molecule has 2 rings (SSSR count). The normalized spacial score (nSPS) is 22.8. The highest BCUT2D eigenvalue weighted by molar-refractivity contribution is 7.11.